The Bertz CT molecular complexity index is 1140. The minimum Gasteiger partial charge on any atom is -0.497 e. The topological polar surface area (TPSA) is 52.5 Å². The standard InChI is InChI=1S/C27H28N2O4/c1-4-31-21-15-9-18(10-16-21)23-17-24-22-7-6-8-25(32-5-2)26(22)33-27(29(24)28-23)19-11-13-20(30-3)14-12-19/h6-16,24,27H,4-5,17H2,1-3H3/t24-,27-/m0/s1. The highest BCUT2D eigenvalue weighted by Crippen LogP contribution is 2.50. The van der Waals surface area contributed by atoms with Crippen molar-refractivity contribution in [3.8, 4) is 23.0 Å². The molecule has 6 heteroatoms. The van der Waals surface area contributed by atoms with Gasteiger partial charge in [0.05, 0.1) is 32.1 Å². The van der Waals surface area contributed by atoms with E-state index in [0.717, 1.165) is 51.8 Å². The summed E-state index contributed by atoms with van der Waals surface area (Å²) < 4.78 is 23.4. The molecule has 0 aromatic heterocycles. The van der Waals surface area contributed by atoms with Crippen molar-refractivity contribution in [1.29, 1.82) is 0 Å². The molecule has 0 fully saturated rings. The van der Waals surface area contributed by atoms with E-state index in [4.69, 9.17) is 24.0 Å². The molecule has 33 heavy (non-hydrogen) atoms. The second kappa shape index (κ2) is 9.06. The molecule has 5 rings (SSSR count). The third kappa shape index (κ3) is 3.97. The highest BCUT2D eigenvalue weighted by atomic mass is 16.5. The average molecular weight is 445 g/mol. The maximum absolute atomic E-state index is 6.56. The van der Waals surface area contributed by atoms with E-state index in [-0.39, 0.29) is 12.3 Å². The molecule has 2 aliphatic rings. The molecular formula is C27H28N2O4. The number of para-hydroxylation sites is 1. The summed E-state index contributed by atoms with van der Waals surface area (Å²) in [6.07, 6.45) is 0.419. The van der Waals surface area contributed by atoms with Crippen LogP contribution in [0.3, 0.4) is 0 Å². The van der Waals surface area contributed by atoms with Gasteiger partial charge in [0.15, 0.2) is 11.5 Å². The molecule has 0 amide bonds. The van der Waals surface area contributed by atoms with Crippen molar-refractivity contribution in [3.63, 3.8) is 0 Å². The number of nitrogens with zero attached hydrogens (tertiary/aromatic N) is 2. The molecule has 2 heterocycles. The number of benzene rings is 3. The number of hydrogen-bond acceptors (Lipinski definition) is 6. The molecule has 3 aromatic rings. The van der Waals surface area contributed by atoms with E-state index in [1.54, 1.807) is 7.11 Å². The molecular weight excluding hydrogens is 416 g/mol. The summed E-state index contributed by atoms with van der Waals surface area (Å²) in [5.74, 6) is 3.23. The van der Waals surface area contributed by atoms with E-state index < -0.39 is 0 Å². The van der Waals surface area contributed by atoms with Crippen molar-refractivity contribution < 1.29 is 18.9 Å². The van der Waals surface area contributed by atoms with Crippen LogP contribution in [-0.4, -0.2) is 31.0 Å². The van der Waals surface area contributed by atoms with E-state index in [0.29, 0.717) is 13.2 Å². The average Bonchev–Trinajstić information content (AvgIpc) is 3.31. The smallest absolute Gasteiger partial charge is 0.214 e. The van der Waals surface area contributed by atoms with Crippen molar-refractivity contribution in [2.24, 2.45) is 5.10 Å². The Morgan fingerprint density at radius 1 is 0.909 bits per heavy atom. The van der Waals surface area contributed by atoms with Gasteiger partial charge in [-0.25, -0.2) is 5.01 Å². The van der Waals surface area contributed by atoms with Gasteiger partial charge in [-0.3, -0.25) is 0 Å². The first-order valence-electron chi connectivity index (χ1n) is 11.4. The largest absolute Gasteiger partial charge is 0.497 e. The third-order valence-corrected chi connectivity index (χ3v) is 5.98. The second-order valence-corrected chi connectivity index (χ2v) is 7.95. The molecule has 0 spiro atoms. The number of hydrazone groups is 1. The van der Waals surface area contributed by atoms with Gasteiger partial charge in [0.2, 0.25) is 6.23 Å². The number of rotatable bonds is 7. The van der Waals surface area contributed by atoms with E-state index in [9.17, 15) is 0 Å². The fraction of sp³-hybridized carbons (Fsp3) is 0.296. The van der Waals surface area contributed by atoms with Crippen LogP contribution in [0.15, 0.2) is 71.8 Å². The number of fused-ring (bicyclic) bond motifs is 3. The summed E-state index contributed by atoms with van der Waals surface area (Å²) in [6, 6.07) is 22.2. The number of ether oxygens (including phenoxy) is 4. The summed E-state index contributed by atoms with van der Waals surface area (Å²) in [7, 11) is 1.67. The highest BCUT2D eigenvalue weighted by molar-refractivity contribution is 6.02. The SMILES string of the molecule is CCOc1ccc(C2=NN3[C@@H](C2)c2cccc(OCC)c2O[C@H]3c2ccc(OC)cc2)cc1. The molecule has 0 bridgehead atoms. The fourth-order valence-corrected chi connectivity index (χ4v) is 4.43. The molecule has 0 N–H and O–H groups in total. The zero-order valence-corrected chi connectivity index (χ0v) is 19.2. The van der Waals surface area contributed by atoms with Gasteiger partial charge in [0.1, 0.15) is 11.5 Å². The van der Waals surface area contributed by atoms with Gasteiger partial charge in [0, 0.05) is 17.5 Å². The second-order valence-electron chi connectivity index (χ2n) is 7.95. The highest BCUT2D eigenvalue weighted by Gasteiger charge is 2.42. The molecule has 2 atom stereocenters. The zero-order chi connectivity index (χ0) is 22.8. The molecule has 0 unspecified atom stereocenters. The van der Waals surface area contributed by atoms with Gasteiger partial charge >= 0.3 is 0 Å². The van der Waals surface area contributed by atoms with E-state index in [2.05, 4.69) is 23.2 Å². The normalized spacial score (nSPS) is 18.6. The Labute approximate surface area is 194 Å². The third-order valence-electron chi connectivity index (χ3n) is 5.98. The first-order chi connectivity index (χ1) is 16.2. The van der Waals surface area contributed by atoms with Gasteiger partial charge in [-0.05, 0) is 74.0 Å². The Kier molecular flexibility index (Phi) is 5.82. The van der Waals surface area contributed by atoms with Crippen LogP contribution < -0.4 is 18.9 Å². The lowest BCUT2D eigenvalue weighted by Crippen LogP contribution is -2.33. The van der Waals surface area contributed by atoms with Crippen molar-refractivity contribution in [2.75, 3.05) is 20.3 Å². The van der Waals surface area contributed by atoms with Gasteiger partial charge < -0.3 is 18.9 Å². The quantitative estimate of drug-likeness (QED) is 0.465. The van der Waals surface area contributed by atoms with Gasteiger partial charge in [-0.1, -0.05) is 12.1 Å². The summed E-state index contributed by atoms with van der Waals surface area (Å²) in [5.41, 5.74) is 4.22. The number of methoxy groups -OCH3 is 1. The summed E-state index contributed by atoms with van der Waals surface area (Å²) in [4.78, 5) is 0. The molecule has 0 saturated carbocycles. The van der Waals surface area contributed by atoms with E-state index in [1.165, 1.54) is 0 Å². The fourth-order valence-electron chi connectivity index (χ4n) is 4.43. The minimum absolute atomic E-state index is 0.0582. The Balaban J connectivity index is 1.54. The lowest BCUT2D eigenvalue weighted by atomic mass is 9.95. The van der Waals surface area contributed by atoms with Crippen LogP contribution in [0.1, 0.15) is 49.2 Å². The maximum Gasteiger partial charge on any atom is 0.214 e. The Morgan fingerprint density at radius 2 is 1.64 bits per heavy atom. The van der Waals surface area contributed by atoms with Gasteiger partial charge in [0.25, 0.3) is 0 Å². The zero-order valence-electron chi connectivity index (χ0n) is 19.2. The first-order valence-corrected chi connectivity index (χ1v) is 11.4. The van der Waals surface area contributed by atoms with Crippen LogP contribution in [0.25, 0.3) is 0 Å². The molecule has 6 nitrogen and oxygen atoms in total. The van der Waals surface area contributed by atoms with Crippen LogP contribution in [-0.2, 0) is 0 Å². The van der Waals surface area contributed by atoms with Crippen molar-refractivity contribution in [2.45, 2.75) is 32.5 Å². The van der Waals surface area contributed by atoms with Crippen LogP contribution in [0.4, 0.5) is 0 Å². The summed E-state index contributed by atoms with van der Waals surface area (Å²) >= 11 is 0. The molecule has 0 saturated heterocycles. The molecule has 0 aliphatic carbocycles. The van der Waals surface area contributed by atoms with E-state index >= 15 is 0 Å². The predicted molar refractivity (Wildman–Crippen MR) is 127 cm³/mol. The Hall–Kier alpha value is -3.67. The van der Waals surface area contributed by atoms with Crippen LogP contribution >= 0.6 is 0 Å². The lowest BCUT2D eigenvalue weighted by molar-refractivity contribution is -0.0212. The lowest BCUT2D eigenvalue weighted by Gasteiger charge is -2.38. The van der Waals surface area contributed by atoms with E-state index in [1.807, 2.05) is 62.4 Å². The monoisotopic (exact) mass is 444 g/mol. The van der Waals surface area contributed by atoms with Crippen LogP contribution in [0, 0.1) is 0 Å². The predicted octanol–water partition coefficient (Wildman–Crippen LogP) is 5.73. The molecule has 3 aromatic carbocycles. The minimum atomic E-state index is -0.366. The molecule has 0 radical (unpaired) electrons. The van der Waals surface area contributed by atoms with Gasteiger partial charge in [-0.15, -0.1) is 0 Å². The molecule has 170 valence electrons. The van der Waals surface area contributed by atoms with Crippen LogP contribution in [0.5, 0.6) is 23.0 Å². The molecule has 2 aliphatic heterocycles. The number of hydrogen-bond donors (Lipinski definition) is 0. The van der Waals surface area contributed by atoms with Crippen molar-refractivity contribution in [3.05, 3.63) is 83.4 Å². The van der Waals surface area contributed by atoms with Crippen molar-refractivity contribution >= 4 is 5.71 Å². The summed E-state index contributed by atoms with van der Waals surface area (Å²) in [6.45, 7) is 5.20. The maximum atomic E-state index is 6.56. The Morgan fingerprint density at radius 3 is 2.33 bits per heavy atom. The van der Waals surface area contributed by atoms with Gasteiger partial charge in [-0.2, -0.15) is 5.10 Å². The summed E-state index contributed by atoms with van der Waals surface area (Å²) in [5, 5.41) is 7.12. The van der Waals surface area contributed by atoms with Crippen LogP contribution in [0.2, 0.25) is 0 Å². The van der Waals surface area contributed by atoms with Crippen molar-refractivity contribution in [1.82, 2.24) is 5.01 Å². The first kappa shape index (κ1) is 21.2.